The average Bonchev–Trinajstić information content (AvgIpc) is 2.70. The van der Waals surface area contributed by atoms with Crippen LogP contribution in [0.2, 0.25) is 0 Å². The van der Waals surface area contributed by atoms with E-state index in [-0.39, 0.29) is 16.7 Å². The van der Waals surface area contributed by atoms with E-state index in [9.17, 15) is 18.0 Å². The normalized spacial score (nSPS) is 14.9. The molecule has 0 aliphatic carbocycles. The number of amides is 2. The summed E-state index contributed by atoms with van der Waals surface area (Å²) in [6.07, 6.45) is 2.74. The van der Waals surface area contributed by atoms with Crippen molar-refractivity contribution in [1.29, 1.82) is 0 Å². The van der Waals surface area contributed by atoms with E-state index in [2.05, 4.69) is 10.6 Å². The SMILES string of the molecule is CC(=O)Nc1ccc(NC(=O)c2cc(S(=O)(=O)N3CCCCC3)ccc2C)cc1C. The molecular formula is C22H27N3O4S. The molecule has 1 heterocycles. The minimum absolute atomic E-state index is 0.136. The van der Waals surface area contributed by atoms with E-state index in [1.165, 1.54) is 17.3 Å². The molecule has 0 unspecified atom stereocenters. The minimum Gasteiger partial charge on any atom is -0.326 e. The first kappa shape index (κ1) is 22.0. The highest BCUT2D eigenvalue weighted by atomic mass is 32.2. The molecule has 0 radical (unpaired) electrons. The van der Waals surface area contributed by atoms with Crippen LogP contribution >= 0.6 is 0 Å². The van der Waals surface area contributed by atoms with Crippen LogP contribution in [-0.2, 0) is 14.8 Å². The van der Waals surface area contributed by atoms with Crippen LogP contribution < -0.4 is 10.6 Å². The average molecular weight is 430 g/mol. The molecule has 2 aromatic carbocycles. The second kappa shape index (κ2) is 8.97. The van der Waals surface area contributed by atoms with E-state index in [0.29, 0.717) is 35.6 Å². The zero-order valence-electron chi connectivity index (χ0n) is 17.5. The Hall–Kier alpha value is -2.71. The summed E-state index contributed by atoms with van der Waals surface area (Å²) in [6.45, 7) is 6.06. The highest BCUT2D eigenvalue weighted by molar-refractivity contribution is 7.89. The third-order valence-corrected chi connectivity index (χ3v) is 7.10. The van der Waals surface area contributed by atoms with Crippen molar-refractivity contribution < 1.29 is 18.0 Å². The van der Waals surface area contributed by atoms with Gasteiger partial charge < -0.3 is 10.6 Å². The van der Waals surface area contributed by atoms with E-state index >= 15 is 0 Å². The lowest BCUT2D eigenvalue weighted by atomic mass is 10.1. The Bertz CT molecular complexity index is 1070. The van der Waals surface area contributed by atoms with Gasteiger partial charge in [-0.2, -0.15) is 4.31 Å². The second-order valence-corrected chi connectivity index (χ2v) is 9.54. The van der Waals surface area contributed by atoms with E-state index < -0.39 is 10.0 Å². The fourth-order valence-corrected chi connectivity index (χ4v) is 5.07. The fourth-order valence-electron chi connectivity index (χ4n) is 3.53. The molecule has 0 bridgehead atoms. The van der Waals surface area contributed by atoms with Crippen molar-refractivity contribution >= 4 is 33.2 Å². The van der Waals surface area contributed by atoms with Gasteiger partial charge in [0.1, 0.15) is 0 Å². The number of nitrogens with one attached hydrogen (secondary N) is 2. The molecular weight excluding hydrogens is 402 g/mol. The van der Waals surface area contributed by atoms with Crippen molar-refractivity contribution in [2.75, 3.05) is 23.7 Å². The van der Waals surface area contributed by atoms with Crippen molar-refractivity contribution in [2.45, 2.75) is 44.9 Å². The van der Waals surface area contributed by atoms with E-state index in [4.69, 9.17) is 0 Å². The molecule has 3 rings (SSSR count). The Morgan fingerprint density at radius 2 is 1.60 bits per heavy atom. The standard InChI is InChI=1S/C22H27N3O4S/c1-15-7-9-19(30(28,29)25-11-5-4-6-12-25)14-20(15)22(27)24-18-8-10-21(16(2)13-18)23-17(3)26/h7-10,13-14H,4-6,11-12H2,1-3H3,(H,23,26)(H,24,27). The highest BCUT2D eigenvalue weighted by Crippen LogP contribution is 2.24. The Balaban J connectivity index is 1.83. The molecule has 0 atom stereocenters. The summed E-state index contributed by atoms with van der Waals surface area (Å²) >= 11 is 0. The fraction of sp³-hybridized carbons (Fsp3) is 0.364. The molecule has 0 aromatic heterocycles. The summed E-state index contributed by atoms with van der Waals surface area (Å²) in [5, 5.41) is 5.55. The predicted molar refractivity (Wildman–Crippen MR) is 117 cm³/mol. The largest absolute Gasteiger partial charge is 0.326 e. The molecule has 1 fully saturated rings. The number of piperidine rings is 1. The number of hydrogen-bond donors (Lipinski definition) is 2. The predicted octanol–water partition coefficient (Wildman–Crippen LogP) is 3.69. The lowest BCUT2D eigenvalue weighted by Crippen LogP contribution is -2.35. The van der Waals surface area contributed by atoms with Gasteiger partial charge in [-0.25, -0.2) is 8.42 Å². The number of sulfonamides is 1. The Kier molecular flexibility index (Phi) is 6.58. The zero-order chi connectivity index (χ0) is 21.9. The smallest absolute Gasteiger partial charge is 0.255 e. The molecule has 160 valence electrons. The van der Waals surface area contributed by atoms with Crippen molar-refractivity contribution in [2.24, 2.45) is 0 Å². The highest BCUT2D eigenvalue weighted by Gasteiger charge is 2.27. The molecule has 2 aromatic rings. The third-order valence-electron chi connectivity index (χ3n) is 5.20. The molecule has 1 saturated heterocycles. The molecule has 2 N–H and O–H groups in total. The van der Waals surface area contributed by atoms with Crippen molar-refractivity contribution in [3.63, 3.8) is 0 Å². The van der Waals surface area contributed by atoms with Gasteiger partial charge in [-0.05, 0) is 68.1 Å². The van der Waals surface area contributed by atoms with Crippen LogP contribution in [0.5, 0.6) is 0 Å². The van der Waals surface area contributed by atoms with Gasteiger partial charge in [0.05, 0.1) is 4.90 Å². The van der Waals surface area contributed by atoms with Crippen LogP contribution in [0.15, 0.2) is 41.3 Å². The van der Waals surface area contributed by atoms with Crippen LogP contribution in [0.3, 0.4) is 0 Å². The summed E-state index contributed by atoms with van der Waals surface area (Å²) in [5.74, 6) is -0.549. The number of rotatable bonds is 5. The quantitative estimate of drug-likeness (QED) is 0.758. The van der Waals surface area contributed by atoms with Crippen LogP contribution in [0.1, 0.15) is 47.7 Å². The topological polar surface area (TPSA) is 95.6 Å². The molecule has 1 aliphatic rings. The Morgan fingerprint density at radius 3 is 2.23 bits per heavy atom. The molecule has 0 spiro atoms. The first-order chi connectivity index (χ1) is 14.2. The third kappa shape index (κ3) is 4.88. The van der Waals surface area contributed by atoms with Crippen molar-refractivity contribution in [1.82, 2.24) is 4.31 Å². The second-order valence-electron chi connectivity index (χ2n) is 7.61. The maximum absolute atomic E-state index is 13.0. The number of anilines is 2. The van der Waals surface area contributed by atoms with Crippen LogP contribution in [0.25, 0.3) is 0 Å². The number of carbonyl (C=O) groups is 2. The number of nitrogens with zero attached hydrogens (tertiary/aromatic N) is 1. The molecule has 2 amide bonds. The van der Waals surface area contributed by atoms with Crippen molar-refractivity contribution in [3.05, 3.63) is 53.1 Å². The van der Waals surface area contributed by atoms with E-state index in [1.807, 2.05) is 6.92 Å². The Labute approximate surface area is 177 Å². The van der Waals surface area contributed by atoms with Gasteiger partial charge >= 0.3 is 0 Å². The minimum atomic E-state index is -3.62. The monoisotopic (exact) mass is 429 g/mol. The van der Waals surface area contributed by atoms with E-state index in [1.54, 1.807) is 37.3 Å². The van der Waals surface area contributed by atoms with Gasteiger partial charge in [-0.3, -0.25) is 9.59 Å². The number of benzene rings is 2. The summed E-state index contributed by atoms with van der Waals surface area (Å²) in [6, 6.07) is 9.84. The number of hydrogen-bond acceptors (Lipinski definition) is 4. The molecule has 0 saturated carbocycles. The molecule has 30 heavy (non-hydrogen) atoms. The molecule has 7 nitrogen and oxygen atoms in total. The first-order valence-corrected chi connectivity index (χ1v) is 11.4. The first-order valence-electron chi connectivity index (χ1n) is 9.99. The maximum atomic E-state index is 13.0. The van der Waals surface area contributed by atoms with Gasteiger partial charge in [0.25, 0.3) is 5.91 Å². The van der Waals surface area contributed by atoms with Gasteiger partial charge in [-0.15, -0.1) is 0 Å². The van der Waals surface area contributed by atoms with Crippen LogP contribution in [0, 0.1) is 13.8 Å². The Morgan fingerprint density at radius 1 is 0.900 bits per heavy atom. The summed E-state index contributed by atoms with van der Waals surface area (Å²) in [4.78, 5) is 24.3. The molecule has 8 heteroatoms. The number of aryl methyl sites for hydroxylation is 2. The summed E-state index contributed by atoms with van der Waals surface area (Å²) in [5.41, 5.74) is 3.05. The van der Waals surface area contributed by atoms with Gasteiger partial charge in [0.15, 0.2) is 0 Å². The van der Waals surface area contributed by atoms with E-state index in [0.717, 1.165) is 24.8 Å². The van der Waals surface area contributed by atoms with Gasteiger partial charge in [-0.1, -0.05) is 12.5 Å². The maximum Gasteiger partial charge on any atom is 0.255 e. The summed E-state index contributed by atoms with van der Waals surface area (Å²) < 4.78 is 27.4. The summed E-state index contributed by atoms with van der Waals surface area (Å²) in [7, 11) is -3.62. The van der Waals surface area contributed by atoms with Crippen LogP contribution in [0.4, 0.5) is 11.4 Å². The number of carbonyl (C=O) groups excluding carboxylic acids is 2. The molecule has 1 aliphatic heterocycles. The van der Waals surface area contributed by atoms with Gasteiger partial charge in [0, 0.05) is 37.0 Å². The van der Waals surface area contributed by atoms with Crippen molar-refractivity contribution in [3.8, 4) is 0 Å². The van der Waals surface area contributed by atoms with Crippen LogP contribution in [-0.4, -0.2) is 37.6 Å². The zero-order valence-corrected chi connectivity index (χ0v) is 18.3. The lowest BCUT2D eigenvalue weighted by Gasteiger charge is -2.26. The van der Waals surface area contributed by atoms with Gasteiger partial charge in [0.2, 0.25) is 15.9 Å². The lowest BCUT2D eigenvalue weighted by molar-refractivity contribution is -0.114.